The van der Waals surface area contributed by atoms with E-state index in [-0.39, 0.29) is 0 Å². The Labute approximate surface area is 540 Å². The fourth-order valence-electron chi connectivity index (χ4n) is 14.3. The van der Waals surface area contributed by atoms with Crippen molar-refractivity contribution in [3.8, 4) is 101 Å². The molecule has 0 amide bonds. The van der Waals surface area contributed by atoms with Gasteiger partial charge in [0.25, 0.3) is 0 Å². The van der Waals surface area contributed by atoms with Crippen molar-refractivity contribution in [1.29, 1.82) is 0 Å². The van der Waals surface area contributed by atoms with Gasteiger partial charge in [0.2, 0.25) is 0 Å². The highest BCUT2D eigenvalue weighted by Gasteiger charge is 2.23. The first-order chi connectivity index (χ1) is 46.6. The van der Waals surface area contributed by atoms with Gasteiger partial charge in [0.05, 0.1) is 22.1 Å². The van der Waals surface area contributed by atoms with Crippen molar-refractivity contribution < 1.29 is 8.83 Å². The number of benzene rings is 14. The summed E-state index contributed by atoms with van der Waals surface area (Å²) in [5, 5.41) is 8.53. The smallest absolute Gasteiger partial charge is 0.164 e. The zero-order chi connectivity index (χ0) is 61.8. The second-order valence-corrected chi connectivity index (χ2v) is 24.2. The van der Waals surface area contributed by atoms with Crippen LogP contribution in [0.25, 0.3) is 189 Å². The number of rotatable bonds is 10. The summed E-state index contributed by atoms with van der Waals surface area (Å²) in [6, 6.07) is 114. The fraction of sp³-hybridized carbons (Fsp3) is 0. The third kappa shape index (κ3) is 8.78. The lowest BCUT2D eigenvalue weighted by atomic mass is 9.98. The Morgan fingerprint density at radius 2 is 0.532 bits per heavy atom. The van der Waals surface area contributed by atoms with Gasteiger partial charge in [0.1, 0.15) is 22.3 Å². The van der Waals surface area contributed by atoms with Gasteiger partial charge in [-0.1, -0.05) is 224 Å². The van der Waals surface area contributed by atoms with E-state index in [9.17, 15) is 0 Å². The molecule has 5 heterocycles. The van der Waals surface area contributed by atoms with Crippen LogP contribution >= 0.6 is 0 Å². The molecule has 19 rings (SSSR count). The third-order valence-electron chi connectivity index (χ3n) is 18.8. The van der Waals surface area contributed by atoms with Gasteiger partial charge in [0.15, 0.2) is 17.5 Å². The molecule has 7 nitrogen and oxygen atoms in total. The Bertz CT molecular complexity index is 5880. The number of furan rings is 2. The van der Waals surface area contributed by atoms with Crippen molar-refractivity contribution in [2.24, 2.45) is 0 Å². The summed E-state index contributed by atoms with van der Waals surface area (Å²) in [5.74, 6) is 1.61. The van der Waals surface area contributed by atoms with Gasteiger partial charge in [-0.05, 0) is 153 Å². The number of fused-ring (bicyclic) bond motifs is 12. The quantitative estimate of drug-likeness (QED) is 0.136. The molecular formula is C87H53N5O2. The number of para-hydroxylation sites is 2. The summed E-state index contributed by atoms with van der Waals surface area (Å²) < 4.78 is 18.3. The maximum Gasteiger partial charge on any atom is 0.164 e. The molecule has 5 aromatic heterocycles. The van der Waals surface area contributed by atoms with Gasteiger partial charge >= 0.3 is 0 Å². The van der Waals surface area contributed by atoms with Crippen LogP contribution in [0.1, 0.15) is 0 Å². The number of hydrogen-bond acceptors (Lipinski definition) is 5. The second kappa shape index (κ2) is 21.5. The molecule has 438 valence electrons. The normalized spacial score (nSPS) is 11.8. The summed E-state index contributed by atoms with van der Waals surface area (Å²) in [6.45, 7) is 0. The van der Waals surface area contributed by atoms with Crippen molar-refractivity contribution in [2.45, 2.75) is 0 Å². The van der Waals surface area contributed by atoms with Gasteiger partial charge in [0, 0.05) is 71.2 Å². The standard InChI is InChI=1S/C87H53N5O2/c1-4-18-54(19-5-1)57-36-38-58(39-37-57)85-88-86(69-30-16-34-81-83(69)73-52-63(42-46-79(73)93-81)61-40-44-77-71(50-61)67-28-10-12-32-75(67)91(77)65-26-14-24-59(48-65)55-20-6-2-7-21-55)90-87(89-85)70-31-17-35-82-84(70)74-53-64(43-47-80(74)94-82)62-41-45-78-72(51-62)68-29-11-13-33-76(68)92(78)66-27-15-25-60(49-66)56-22-8-3-9-23-56/h1-53H. The van der Waals surface area contributed by atoms with E-state index in [2.05, 4.69) is 300 Å². The maximum absolute atomic E-state index is 6.75. The predicted molar refractivity (Wildman–Crippen MR) is 387 cm³/mol. The molecule has 14 aromatic carbocycles. The van der Waals surface area contributed by atoms with Crippen molar-refractivity contribution in [2.75, 3.05) is 0 Å². The highest BCUT2D eigenvalue weighted by atomic mass is 16.3. The van der Waals surface area contributed by atoms with Crippen LogP contribution in [-0.4, -0.2) is 24.1 Å². The summed E-state index contributed by atoms with van der Waals surface area (Å²) in [5.41, 5.74) is 23.7. The van der Waals surface area contributed by atoms with Crippen molar-refractivity contribution in [1.82, 2.24) is 24.1 Å². The predicted octanol–water partition coefficient (Wildman–Crippen LogP) is 23.2. The molecular weight excluding hydrogens is 1150 g/mol. The highest BCUT2D eigenvalue weighted by molar-refractivity contribution is 6.16. The molecule has 0 spiro atoms. The Kier molecular flexibility index (Phi) is 12.1. The molecule has 0 unspecified atom stereocenters. The van der Waals surface area contributed by atoms with Gasteiger partial charge in [-0.15, -0.1) is 0 Å². The summed E-state index contributed by atoms with van der Waals surface area (Å²) in [7, 11) is 0. The number of nitrogens with zero attached hydrogens (tertiary/aromatic N) is 5. The first-order valence-corrected chi connectivity index (χ1v) is 31.8. The molecule has 0 saturated heterocycles. The van der Waals surface area contributed by atoms with Gasteiger partial charge in [-0.2, -0.15) is 0 Å². The molecule has 0 N–H and O–H groups in total. The monoisotopic (exact) mass is 1200 g/mol. The van der Waals surface area contributed by atoms with Crippen LogP contribution in [0.3, 0.4) is 0 Å². The summed E-state index contributed by atoms with van der Waals surface area (Å²) in [6.07, 6.45) is 0. The molecule has 19 aromatic rings. The maximum atomic E-state index is 6.75. The van der Waals surface area contributed by atoms with Gasteiger partial charge in [-0.25, -0.2) is 15.0 Å². The van der Waals surface area contributed by atoms with Crippen LogP contribution in [0.2, 0.25) is 0 Å². The van der Waals surface area contributed by atoms with E-state index in [0.717, 1.165) is 127 Å². The molecule has 94 heavy (non-hydrogen) atoms. The van der Waals surface area contributed by atoms with Crippen molar-refractivity contribution in [3.05, 3.63) is 322 Å². The lowest BCUT2D eigenvalue weighted by molar-refractivity contribution is 0.668. The van der Waals surface area contributed by atoms with Crippen LogP contribution in [0.4, 0.5) is 0 Å². The van der Waals surface area contributed by atoms with E-state index in [1.807, 2.05) is 30.3 Å². The average Bonchev–Trinajstić information content (AvgIpc) is 1.61. The largest absolute Gasteiger partial charge is 0.456 e. The number of hydrogen-bond donors (Lipinski definition) is 0. The first kappa shape index (κ1) is 53.2. The lowest BCUT2D eigenvalue weighted by Crippen LogP contribution is -2.00. The zero-order valence-electron chi connectivity index (χ0n) is 50.7. The van der Waals surface area contributed by atoms with Gasteiger partial charge < -0.3 is 18.0 Å². The Balaban J connectivity index is 0.746. The van der Waals surface area contributed by atoms with E-state index in [1.165, 1.54) is 43.8 Å². The molecule has 0 aliphatic carbocycles. The minimum atomic E-state index is 0.529. The Morgan fingerprint density at radius 3 is 1.00 bits per heavy atom. The minimum absolute atomic E-state index is 0.529. The Morgan fingerprint density at radius 1 is 0.202 bits per heavy atom. The van der Waals surface area contributed by atoms with Crippen LogP contribution in [0.15, 0.2) is 330 Å². The third-order valence-corrected chi connectivity index (χ3v) is 18.8. The van der Waals surface area contributed by atoms with Crippen LogP contribution in [0.5, 0.6) is 0 Å². The second-order valence-electron chi connectivity index (χ2n) is 24.2. The molecule has 0 aliphatic rings. The molecule has 0 radical (unpaired) electrons. The van der Waals surface area contributed by atoms with Crippen LogP contribution in [0, 0.1) is 0 Å². The molecule has 0 aliphatic heterocycles. The molecule has 0 atom stereocenters. The molecule has 7 heteroatoms. The van der Waals surface area contributed by atoms with E-state index in [1.54, 1.807) is 0 Å². The molecule has 0 saturated carbocycles. The summed E-state index contributed by atoms with van der Waals surface area (Å²) in [4.78, 5) is 16.3. The lowest BCUT2D eigenvalue weighted by Gasteiger charge is -2.11. The van der Waals surface area contributed by atoms with Crippen molar-refractivity contribution >= 4 is 87.5 Å². The molecule has 0 bridgehead atoms. The Hall–Kier alpha value is -12.7. The average molecular weight is 1200 g/mol. The molecule has 0 fully saturated rings. The SMILES string of the molecule is c1ccc(-c2ccc(-c3nc(-c4cccc5oc6ccc(-c7ccc8c(c7)c7ccccc7n8-c7cccc(-c8ccccc8)c7)cc6c45)nc(-c4cccc5oc6ccc(-c7ccc8c(c7)c7ccccc7n8-c7cccc(-c8ccccc8)c7)cc6c45)n3)cc2)cc1. The number of aromatic nitrogens is 5. The fourth-order valence-corrected chi connectivity index (χ4v) is 14.3. The van der Waals surface area contributed by atoms with E-state index < -0.39 is 0 Å². The topological polar surface area (TPSA) is 74.8 Å². The highest BCUT2D eigenvalue weighted by Crippen LogP contribution is 2.44. The minimum Gasteiger partial charge on any atom is -0.456 e. The summed E-state index contributed by atoms with van der Waals surface area (Å²) >= 11 is 0. The van der Waals surface area contributed by atoms with Crippen LogP contribution < -0.4 is 0 Å². The van der Waals surface area contributed by atoms with E-state index in [0.29, 0.717) is 17.5 Å². The van der Waals surface area contributed by atoms with E-state index in [4.69, 9.17) is 23.8 Å². The van der Waals surface area contributed by atoms with Crippen LogP contribution in [-0.2, 0) is 0 Å². The van der Waals surface area contributed by atoms with Gasteiger partial charge in [-0.3, -0.25) is 0 Å². The zero-order valence-corrected chi connectivity index (χ0v) is 50.7. The van der Waals surface area contributed by atoms with E-state index >= 15 is 0 Å². The van der Waals surface area contributed by atoms with Crippen molar-refractivity contribution in [3.63, 3.8) is 0 Å². The first-order valence-electron chi connectivity index (χ1n) is 31.8.